The van der Waals surface area contributed by atoms with Gasteiger partial charge >= 0.3 is 0 Å². The second kappa shape index (κ2) is 9.07. The van der Waals surface area contributed by atoms with Crippen LogP contribution in [0.4, 0.5) is 0 Å². The topological polar surface area (TPSA) is 74.2 Å². The zero-order chi connectivity index (χ0) is 20.9. The lowest BCUT2D eigenvalue weighted by Crippen LogP contribution is -2.42. The Hall–Kier alpha value is -3.22. The number of benzene rings is 3. The monoisotopic (exact) mass is 403 g/mol. The van der Waals surface area contributed by atoms with Gasteiger partial charge in [-0.2, -0.15) is 5.10 Å². The fraction of sp³-hybridized carbons (Fsp3) is 0.250. The lowest BCUT2D eigenvalue weighted by atomic mass is 10.0. The van der Waals surface area contributed by atoms with E-state index in [-0.39, 0.29) is 17.4 Å². The molecule has 0 aliphatic carbocycles. The Bertz CT molecular complexity index is 1060. The number of carbonyl (C=O) groups excluding carboxylic acids is 1. The number of hydrogen-bond acceptors (Lipinski definition) is 5. The first-order chi connectivity index (χ1) is 14.6. The zero-order valence-electron chi connectivity index (χ0n) is 16.9. The Kier molecular flexibility index (Phi) is 6.07. The zero-order valence-corrected chi connectivity index (χ0v) is 16.9. The molecule has 2 N–H and O–H groups in total. The Morgan fingerprint density at radius 3 is 2.37 bits per heavy atom. The van der Waals surface area contributed by atoms with Gasteiger partial charge in [-0.15, -0.1) is 0 Å². The summed E-state index contributed by atoms with van der Waals surface area (Å²) in [4.78, 5) is 15.0. The molecule has 1 aliphatic heterocycles. The number of morpholine rings is 1. The number of nitrogens with zero attached hydrogens (tertiary/aromatic N) is 2. The van der Waals surface area contributed by atoms with E-state index in [4.69, 9.17) is 4.74 Å². The van der Waals surface area contributed by atoms with Gasteiger partial charge in [-0.3, -0.25) is 9.69 Å². The molecule has 0 unspecified atom stereocenters. The quantitative estimate of drug-likeness (QED) is 0.503. The van der Waals surface area contributed by atoms with E-state index < -0.39 is 5.91 Å². The molecule has 4 rings (SSSR count). The van der Waals surface area contributed by atoms with Gasteiger partial charge in [0.2, 0.25) is 0 Å². The van der Waals surface area contributed by atoms with Crippen LogP contribution in [0, 0.1) is 0 Å². The van der Waals surface area contributed by atoms with E-state index in [2.05, 4.69) is 27.6 Å². The molecule has 154 valence electrons. The predicted octanol–water partition coefficient (Wildman–Crippen LogP) is 3.72. The summed E-state index contributed by atoms with van der Waals surface area (Å²) in [5, 5.41) is 16.5. The van der Waals surface area contributed by atoms with Gasteiger partial charge < -0.3 is 9.84 Å². The lowest BCUT2D eigenvalue weighted by molar-refractivity contribution is 0.0285. The molecule has 1 saturated heterocycles. The van der Waals surface area contributed by atoms with Crippen molar-refractivity contribution in [3.63, 3.8) is 0 Å². The van der Waals surface area contributed by atoms with E-state index in [0.717, 1.165) is 35.1 Å². The maximum atomic E-state index is 12.7. The summed E-state index contributed by atoms with van der Waals surface area (Å²) >= 11 is 0. The molecule has 1 fully saturated rings. The van der Waals surface area contributed by atoms with E-state index in [1.165, 1.54) is 0 Å². The fourth-order valence-corrected chi connectivity index (χ4v) is 3.86. The van der Waals surface area contributed by atoms with Gasteiger partial charge in [0.05, 0.1) is 30.5 Å². The molecule has 1 heterocycles. The van der Waals surface area contributed by atoms with Gasteiger partial charge in [-0.1, -0.05) is 54.6 Å². The average molecular weight is 403 g/mol. The highest BCUT2D eigenvalue weighted by atomic mass is 16.5. The second-order valence-corrected chi connectivity index (χ2v) is 7.37. The van der Waals surface area contributed by atoms with Gasteiger partial charge in [0.1, 0.15) is 5.75 Å². The number of aromatic hydroxyl groups is 1. The molecule has 1 atom stereocenters. The van der Waals surface area contributed by atoms with Crippen molar-refractivity contribution in [3.05, 3.63) is 77.9 Å². The Balaban J connectivity index is 1.58. The van der Waals surface area contributed by atoms with E-state index in [1.807, 2.05) is 49.4 Å². The number of amides is 1. The standard InChI is InChI=1S/C24H25N3O3/c1-17(23(18-7-3-2-4-8-18)27-11-13-30-14-12-27)25-26-24(29)21-15-19-9-5-6-10-20(19)16-22(21)28/h2-10,15-16,23,28H,11-14H2,1H3,(H,26,29)/b25-17-/t23-/m1/s1. The van der Waals surface area contributed by atoms with Crippen LogP contribution in [0.2, 0.25) is 0 Å². The van der Waals surface area contributed by atoms with Crippen molar-refractivity contribution < 1.29 is 14.6 Å². The van der Waals surface area contributed by atoms with E-state index in [0.29, 0.717) is 13.2 Å². The molecule has 0 radical (unpaired) electrons. The first-order valence-corrected chi connectivity index (χ1v) is 10.1. The predicted molar refractivity (Wildman–Crippen MR) is 118 cm³/mol. The second-order valence-electron chi connectivity index (χ2n) is 7.37. The van der Waals surface area contributed by atoms with Crippen LogP contribution >= 0.6 is 0 Å². The highest BCUT2D eigenvalue weighted by Crippen LogP contribution is 2.26. The largest absolute Gasteiger partial charge is 0.507 e. The van der Waals surface area contributed by atoms with Gasteiger partial charge in [-0.25, -0.2) is 5.43 Å². The third kappa shape index (κ3) is 4.35. The average Bonchev–Trinajstić information content (AvgIpc) is 2.78. The van der Waals surface area contributed by atoms with Gasteiger partial charge in [0.25, 0.3) is 5.91 Å². The Labute approximate surface area is 175 Å². The smallest absolute Gasteiger partial charge is 0.275 e. The molecule has 30 heavy (non-hydrogen) atoms. The van der Waals surface area contributed by atoms with Crippen LogP contribution in [-0.2, 0) is 4.74 Å². The molecular weight excluding hydrogens is 378 g/mol. The SMILES string of the molecule is C/C(=N/NC(=O)c1cc2ccccc2cc1O)[C@H](c1ccccc1)N1CCOCC1. The van der Waals surface area contributed by atoms with E-state index in [9.17, 15) is 9.90 Å². The molecule has 3 aromatic carbocycles. The number of rotatable bonds is 5. The number of phenolic OH excluding ortho intramolecular Hbond substituents is 1. The number of fused-ring (bicyclic) bond motifs is 1. The van der Waals surface area contributed by atoms with Crippen molar-refractivity contribution in [3.8, 4) is 5.75 Å². The van der Waals surface area contributed by atoms with E-state index >= 15 is 0 Å². The van der Waals surface area contributed by atoms with Crippen molar-refractivity contribution in [2.45, 2.75) is 13.0 Å². The molecule has 1 amide bonds. The summed E-state index contributed by atoms with van der Waals surface area (Å²) in [6, 6.07) is 20.9. The van der Waals surface area contributed by atoms with Crippen LogP contribution in [0.5, 0.6) is 5.75 Å². The van der Waals surface area contributed by atoms with Crippen molar-refractivity contribution in [1.29, 1.82) is 0 Å². The minimum Gasteiger partial charge on any atom is -0.507 e. The normalized spacial score (nSPS) is 16.4. The molecule has 0 bridgehead atoms. The van der Waals surface area contributed by atoms with Crippen molar-refractivity contribution in [1.82, 2.24) is 10.3 Å². The third-order valence-corrected chi connectivity index (χ3v) is 5.36. The highest BCUT2D eigenvalue weighted by molar-refractivity contribution is 6.02. The molecule has 0 aromatic heterocycles. The summed E-state index contributed by atoms with van der Waals surface area (Å²) in [5.41, 5.74) is 4.72. The van der Waals surface area contributed by atoms with Crippen LogP contribution in [0.25, 0.3) is 10.8 Å². The molecule has 0 saturated carbocycles. The van der Waals surface area contributed by atoms with Crippen LogP contribution in [0.15, 0.2) is 71.8 Å². The highest BCUT2D eigenvalue weighted by Gasteiger charge is 2.25. The summed E-state index contributed by atoms with van der Waals surface area (Å²) in [6.45, 7) is 4.85. The first kappa shape index (κ1) is 20.1. The third-order valence-electron chi connectivity index (χ3n) is 5.36. The number of nitrogens with one attached hydrogen (secondary N) is 1. The molecule has 1 aliphatic rings. The van der Waals surface area contributed by atoms with Crippen molar-refractivity contribution in [2.75, 3.05) is 26.3 Å². The number of phenols is 1. The van der Waals surface area contributed by atoms with Gasteiger partial charge in [-0.05, 0) is 35.4 Å². The van der Waals surface area contributed by atoms with Crippen LogP contribution in [0.1, 0.15) is 28.9 Å². The van der Waals surface area contributed by atoms with Crippen molar-refractivity contribution in [2.24, 2.45) is 5.10 Å². The summed E-state index contributed by atoms with van der Waals surface area (Å²) in [7, 11) is 0. The van der Waals surface area contributed by atoms with Crippen LogP contribution < -0.4 is 5.43 Å². The Morgan fingerprint density at radius 2 is 1.67 bits per heavy atom. The molecule has 6 nitrogen and oxygen atoms in total. The lowest BCUT2D eigenvalue weighted by Gasteiger charge is -2.34. The molecule has 3 aromatic rings. The molecule has 6 heteroatoms. The van der Waals surface area contributed by atoms with Crippen molar-refractivity contribution >= 4 is 22.4 Å². The minimum absolute atomic E-state index is 0.0550. The summed E-state index contributed by atoms with van der Waals surface area (Å²) in [5.74, 6) is -0.502. The summed E-state index contributed by atoms with van der Waals surface area (Å²) in [6.07, 6.45) is 0. The maximum Gasteiger partial charge on any atom is 0.275 e. The number of hydrogen-bond donors (Lipinski definition) is 2. The van der Waals surface area contributed by atoms with Crippen LogP contribution in [0.3, 0.4) is 0 Å². The fourth-order valence-electron chi connectivity index (χ4n) is 3.86. The maximum absolute atomic E-state index is 12.7. The number of carbonyl (C=O) groups is 1. The Morgan fingerprint density at radius 1 is 1.03 bits per heavy atom. The number of hydrazone groups is 1. The first-order valence-electron chi connectivity index (χ1n) is 10.1. The summed E-state index contributed by atoms with van der Waals surface area (Å²) < 4.78 is 5.49. The molecule has 0 spiro atoms. The van der Waals surface area contributed by atoms with Gasteiger partial charge in [0, 0.05) is 13.1 Å². The van der Waals surface area contributed by atoms with E-state index in [1.54, 1.807) is 12.1 Å². The number of ether oxygens (including phenoxy) is 1. The van der Waals surface area contributed by atoms with Gasteiger partial charge in [0.15, 0.2) is 0 Å². The minimum atomic E-state index is -0.439. The molecular formula is C24H25N3O3. The van der Waals surface area contributed by atoms with Crippen LogP contribution in [-0.4, -0.2) is 47.9 Å².